The average molecular weight is 755 g/mol. The lowest BCUT2D eigenvalue weighted by Crippen LogP contribution is -2.37. The van der Waals surface area contributed by atoms with Crippen molar-refractivity contribution in [2.75, 3.05) is 0 Å². The molecule has 296 valence electrons. The van der Waals surface area contributed by atoms with Crippen LogP contribution in [0.5, 0.6) is 0 Å². The second kappa shape index (κ2) is 23.9. The van der Waals surface area contributed by atoms with Crippen LogP contribution in [0.3, 0.4) is 0 Å². The van der Waals surface area contributed by atoms with Gasteiger partial charge >= 0.3 is 6.18 Å². The summed E-state index contributed by atoms with van der Waals surface area (Å²) in [5, 5.41) is 8.78. The molecular formula is C47H69F3O2S. The quantitative estimate of drug-likeness (QED) is 0.102. The molecule has 0 amide bonds. The first-order valence-electron chi connectivity index (χ1n) is 20.8. The Hall–Kier alpha value is -2.73. The van der Waals surface area contributed by atoms with Gasteiger partial charge in [-0.3, -0.25) is 0 Å². The van der Waals surface area contributed by atoms with Crippen molar-refractivity contribution in [1.82, 2.24) is 0 Å². The summed E-state index contributed by atoms with van der Waals surface area (Å²) >= 11 is 0. The van der Waals surface area contributed by atoms with Crippen molar-refractivity contribution in [2.45, 2.75) is 199 Å². The highest BCUT2D eigenvalue weighted by atomic mass is 32.2. The first-order valence-corrected chi connectivity index (χ1v) is 22.1. The fraction of sp³-hybridized carbons (Fsp3) is 0.596. The number of aryl methyl sites for hydroxylation is 9. The second-order valence-corrected chi connectivity index (χ2v) is 16.4. The average Bonchev–Trinajstić information content (AvgIpc) is 3.08. The minimum atomic E-state index is -5.19. The molecular weight excluding hydrogens is 686 g/mol. The number of carbonyl (C=O) groups is 1. The van der Waals surface area contributed by atoms with Gasteiger partial charge in [0.05, 0.1) is 0 Å². The van der Waals surface area contributed by atoms with Gasteiger partial charge in [0.1, 0.15) is 16.9 Å². The van der Waals surface area contributed by atoms with Gasteiger partial charge in [-0.25, -0.2) is 0 Å². The number of hydrogen-bond donors (Lipinski definition) is 0. The molecule has 53 heavy (non-hydrogen) atoms. The van der Waals surface area contributed by atoms with Crippen molar-refractivity contribution in [2.24, 2.45) is 0 Å². The molecule has 0 aliphatic carbocycles. The van der Waals surface area contributed by atoms with Crippen LogP contribution in [0.15, 0.2) is 51.1 Å². The first kappa shape index (κ1) is 46.4. The van der Waals surface area contributed by atoms with E-state index in [2.05, 4.69) is 98.7 Å². The SMILES string of the molecule is CCCc1cc(CCC)c([S+](c2c(CCC)cc(CCC)cc2CCC)c2c(CCC)cc(CCC)cc2CCC)c(CCC)c1.O=C([O-])C(F)(F)F. The zero-order valence-electron chi connectivity index (χ0n) is 34.6. The van der Waals surface area contributed by atoms with E-state index in [0.717, 1.165) is 0 Å². The number of hydrogen-bond acceptors (Lipinski definition) is 2. The maximum atomic E-state index is 10.5. The highest BCUT2D eigenvalue weighted by molar-refractivity contribution is 7.97. The van der Waals surface area contributed by atoms with Crippen molar-refractivity contribution in [1.29, 1.82) is 0 Å². The van der Waals surface area contributed by atoms with Gasteiger partial charge in [-0.1, -0.05) is 156 Å². The fourth-order valence-electron chi connectivity index (χ4n) is 7.60. The van der Waals surface area contributed by atoms with E-state index in [-0.39, 0.29) is 10.9 Å². The van der Waals surface area contributed by atoms with E-state index in [1.165, 1.54) is 116 Å². The van der Waals surface area contributed by atoms with Crippen molar-refractivity contribution < 1.29 is 23.1 Å². The van der Waals surface area contributed by atoms with Crippen LogP contribution >= 0.6 is 0 Å². The monoisotopic (exact) mass is 754 g/mol. The number of carboxylic acids is 1. The van der Waals surface area contributed by atoms with Gasteiger partial charge in [0, 0.05) is 33.4 Å². The molecule has 6 heteroatoms. The molecule has 0 spiro atoms. The predicted octanol–water partition coefficient (Wildman–Crippen LogP) is 12.7. The molecule has 0 atom stereocenters. The molecule has 0 saturated heterocycles. The van der Waals surface area contributed by atoms with E-state index in [1.54, 1.807) is 64.8 Å². The molecule has 0 saturated carbocycles. The summed E-state index contributed by atoms with van der Waals surface area (Å²) in [5.41, 5.74) is 14.5. The van der Waals surface area contributed by atoms with Gasteiger partial charge in [0.2, 0.25) is 0 Å². The number of aliphatic carboxylic acids is 1. The molecule has 0 fully saturated rings. The Morgan fingerprint density at radius 2 is 0.604 bits per heavy atom. The van der Waals surface area contributed by atoms with E-state index in [4.69, 9.17) is 9.90 Å². The lowest BCUT2D eigenvalue weighted by atomic mass is 9.97. The van der Waals surface area contributed by atoms with Crippen molar-refractivity contribution >= 4 is 16.9 Å². The third-order valence-corrected chi connectivity index (χ3v) is 12.3. The molecule has 0 aliphatic heterocycles. The molecule has 3 aromatic carbocycles. The fourth-order valence-corrected chi connectivity index (χ4v) is 10.8. The number of rotatable bonds is 21. The number of alkyl halides is 3. The summed E-state index contributed by atoms with van der Waals surface area (Å²) in [5.74, 6) is -3.01. The molecule has 0 radical (unpaired) electrons. The summed E-state index contributed by atoms with van der Waals surface area (Å²) in [6.07, 6.45) is 16.2. The van der Waals surface area contributed by atoms with E-state index in [9.17, 15) is 13.2 Å². The van der Waals surface area contributed by atoms with E-state index < -0.39 is 12.1 Å². The Labute approximate surface area is 324 Å². The van der Waals surface area contributed by atoms with Gasteiger partial charge in [0.15, 0.2) is 14.7 Å². The third kappa shape index (κ3) is 13.5. The van der Waals surface area contributed by atoms with Crippen LogP contribution in [0.4, 0.5) is 13.2 Å². The van der Waals surface area contributed by atoms with Crippen LogP contribution in [0, 0.1) is 0 Å². The van der Waals surface area contributed by atoms with Crippen LogP contribution in [-0.4, -0.2) is 12.1 Å². The Kier molecular flexibility index (Phi) is 21.0. The van der Waals surface area contributed by atoms with Crippen LogP contribution in [0.2, 0.25) is 0 Å². The standard InChI is InChI=1S/C45H69S.C2HF3O2/c1-10-19-34-28-37(22-13-4)43(38(29-34)23-14-5)46(44-39(24-15-6)30-35(20-11-2)31-40(44)25-16-7)45-41(26-17-8)32-36(21-12-3)33-42(45)27-18-9;3-2(4,5)1(6)7/h28-33H,10-27H2,1-9H3;(H,6,7)/q+1;/p-1. The van der Waals surface area contributed by atoms with Gasteiger partial charge in [-0.05, 0) is 74.5 Å². The smallest absolute Gasteiger partial charge is 0.430 e. The predicted molar refractivity (Wildman–Crippen MR) is 219 cm³/mol. The Morgan fingerprint density at radius 3 is 0.736 bits per heavy atom. The van der Waals surface area contributed by atoms with Crippen LogP contribution in [0.25, 0.3) is 0 Å². The highest BCUT2D eigenvalue weighted by Crippen LogP contribution is 2.45. The summed E-state index contributed by atoms with van der Waals surface area (Å²) in [4.78, 5) is 13.9. The normalized spacial score (nSPS) is 11.6. The third-order valence-electron chi connectivity index (χ3n) is 9.48. The van der Waals surface area contributed by atoms with E-state index in [1.807, 2.05) is 0 Å². The van der Waals surface area contributed by atoms with Crippen LogP contribution in [-0.2, 0) is 73.5 Å². The molecule has 3 aromatic rings. The zero-order chi connectivity index (χ0) is 39.6. The van der Waals surface area contributed by atoms with Crippen molar-refractivity contribution in [3.63, 3.8) is 0 Å². The first-order chi connectivity index (χ1) is 25.4. The number of halogens is 3. The molecule has 0 N–H and O–H groups in total. The molecule has 0 heterocycles. The zero-order valence-corrected chi connectivity index (χ0v) is 35.4. The molecule has 0 bridgehead atoms. The van der Waals surface area contributed by atoms with Gasteiger partial charge in [-0.15, -0.1) is 0 Å². The maximum absolute atomic E-state index is 10.5. The van der Waals surface area contributed by atoms with Crippen molar-refractivity contribution in [3.05, 3.63) is 86.5 Å². The number of benzene rings is 3. The lowest BCUT2D eigenvalue weighted by Gasteiger charge is -2.25. The topological polar surface area (TPSA) is 40.1 Å². The lowest BCUT2D eigenvalue weighted by molar-refractivity contribution is -0.344. The Balaban J connectivity index is 0.00000126. The van der Waals surface area contributed by atoms with Gasteiger partial charge in [0.25, 0.3) is 0 Å². The largest absolute Gasteiger partial charge is 0.542 e. The van der Waals surface area contributed by atoms with E-state index >= 15 is 0 Å². The molecule has 0 aromatic heterocycles. The minimum absolute atomic E-state index is 0.129. The molecule has 0 unspecified atom stereocenters. The number of carboxylic acid groups (broad SMARTS) is 1. The summed E-state index contributed by atoms with van der Waals surface area (Å²) < 4.78 is 31.5. The summed E-state index contributed by atoms with van der Waals surface area (Å²) in [6, 6.07) is 15.9. The summed E-state index contributed by atoms with van der Waals surface area (Å²) in [6.45, 7) is 21.4. The highest BCUT2D eigenvalue weighted by Gasteiger charge is 2.41. The second-order valence-electron chi connectivity index (χ2n) is 14.6. The van der Waals surface area contributed by atoms with Crippen molar-refractivity contribution in [3.8, 4) is 0 Å². The van der Waals surface area contributed by atoms with Crippen LogP contribution < -0.4 is 5.11 Å². The van der Waals surface area contributed by atoms with Crippen LogP contribution in [0.1, 0.15) is 170 Å². The molecule has 3 rings (SSSR count). The minimum Gasteiger partial charge on any atom is -0.542 e. The molecule has 0 aliphatic rings. The molecule has 2 nitrogen and oxygen atoms in total. The summed E-state index contributed by atoms with van der Waals surface area (Å²) in [7, 11) is -0.129. The number of carbonyl (C=O) groups excluding carboxylic acids is 1. The Bertz CT molecular complexity index is 1310. The Morgan fingerprint density at radius 1 is 0.434 bits per heavy atom. The van der Waals surface area contributed by atoms with E-state index in [0.29, 0.717) is 0 Å². The maximum Gasteiger partial charge on any atom is 0.430 e. The van der Waals surface area contributed by atoms with Gasteiger partial charge in [-0.2, -0.15) is 13.2 Å². The van der Waals surface area contributed by atoms with Gasteiger partial charge < -0.3 is 9.90 Å².